The standard InChI is InChI=1S/C14H16FN3O3/c1-3-12-16-17-13(8-21-4-2)18(12)11-6-5-9(15)7-10(11)14(19)20/h5-7H,3-4,8H2,1-2H3,(H,19,20). The minimum atomic E-state index is -1.21. The zero-order chi connectivity index (χ0) is 15.4. The van der Waals surface area contributed by atoms with Gasteiger partial charge in [-0.1, -0.05) is 6.92 Å². The summed E-state index contributed by atoms with van der Waals surface area (Å²) in [5.41, 5.74) is 0.197. The van der Waals surface area contributed by atoms with Gasteiger partial charge in [-0.05, 0) is 25.1 Å². The summed E-state index contributed by atoms with van der Waals surface area (Å²) in [4.78, 5) is 11.3. The summed E-state index contributed by atoms with van der Waals surface area (Å²) in [6, 6.07) is 3.62. The Morgan fingerprint density at radius 1 is 1.33 bits per heavy atom. The van der Waals surface area contributed by atoms with Crippen molar-refractivity contribution in [1.82, 2.24) is 14.8 Å². The molecule has 0 fully saturated rings. The van der Waals surface area contributed by atoms with Gasteiger partial charge in [0.15, 0.2) is 5.82 Å². The van der Waals surface area contributed by atoms with Gasteiger partial charge in [0.2, 0.25) is 0 Å². The van der Waals surface area contributed by atoms with E-state index in [0.717, 1.165) is 6.07 Å². The molecule has 0 aliphatic carbocycles. The Kier molecular flexibility index (Phi) is 4.64. The summed E-state index contributed by atoms with van der Waals surface area (Å²) < 4.78 is 20.2. The predicted molar refractivity (Wildman–Crippen MR) is 73.0 cm³/mol. The average molecular weight is 293 g/mol. The lowest BCUT2D eigenvalue weighted by atomic mass is 10.1. The molecule has 0 saturated heterocycles. The molecule has 0 atom stereocenters. The van der Waals surface area contributed by atoms with Gasteiger partial charge in [0, 0.05) is 13.0 Å². The van der Waals surface area contributed by atoms with Gasteiger partial charge >= 0.3 is 5.97 Å². The molecular formula is C14H16FN3O3. The topological polar surface area (TPSA) is 77.2 Å². The third-order valence-corrected chi connectivity index (χ3v) is 2.98. The predicted octanol–water partition coefficient (Wildman–Crippen LogP) is 2.20. The maximum Gasteiger partial charge on any atom is 0.337 e. The highest BCUT2D eigenvalue weighted by molar-refractivity contribution is 5.92. The van der Waals surface area contributed by atoms with Gasteiger partial charge in [0.1, 0.15) is 18.2 Å². The molecule has 1 aromatic carbocycles. The lowest BCUT2D eigenvalue weighted by Crippen LogP contribution is -2.12. The van der Waals surface area contributed by atoms with Crippen molar-refractivity contribution in [1.29, 1.82) is 0 Å². The van der Waals surface area contributed by atoms with Crippen molar-refractivity contribution in [2.45, 2.75) is 26.9 Å². The lowest BCUT2D eigenvalue weighted by Gasteiger charge is -2.12. The van der Waals surface area contributed by atoms with Gasteiger partial charge in [0.25, 0.3) is 0 Å². The van der Waals surface area contributed by atoms with Crippen molar-refractivity contribution >= 4 is 5.97 Å². The van der Waals surface area contributed by atoms with E-state index in [4.69, 9.17) is 4.74 Å². The van der Waals surface area contributed by atoms with Crippen LogP contribution < -0.4 is 0 Å². The normalized spacial score (nSPS) is 10.8. The van der Waals surface area contributed by atoms with Gasteiger partial charge < -0.3 is 9.84 Å². The molecule has 7 heteroatoms. The number of aromatic carboxylic acids is 1. The van der Waals surface area contributed by atoms with Gasteiger partial charge in [-0.15, -0.1) is 10.2 Å². The summed E-state index contributed by atoms with van der Waals surface area (Å²) in [5.74, 6) is -0.724. The molecule has 1 heterocycles. The van der Waals surface area contributed by atoms with E-state index in [1.54, 1.807) is 4.57 Å². The Morgan fingerprint density at radius 3 is 2.67 bits per heavy atom. The van der Waals surface area contributed by atoms with Crippen LogP contribution >= 0.6 is 0 Å². The maximum atomic E-state index is 13.3. The second-order valence-corrected chi connectivity index (χ2v) is 4.33. The van der Waals surface area contributed by atoms with Crippen LogP contribution in [0.5, 0.6) is 0 Å². The highest BCUT2D eigenvalue weighted by atomic mass is 19.1. The fourth-order valence-electron chi connectivity index (χ4n) is 2.02. The summed E-state index contributed by atoms with van der Waals surface area (Å²) in [6.45, 7) is 4.44. The maximum absolute atomic E-state index is 13.3. The molecule has 0 aliphatic heterocycles. The van der Waals surface area contributed by atoms with E-state index in [1.165, 1.54) is 12.1 Å². The van der Waals surface area contributed by atoms with Crippen molar-refractivity contribution in [3.05, 3.63) is 41.2 Å². The molecule has 1 N–H and O–H groups in total. The SMILES string of the molecule is CCOCc1nnc(CC)n1-c1ccc(F)cc1C(=O)O. The molecule has 6 nitrogen and oxygen atoms in total. The molecular weight excluding hydrogens is 277 g/mol. The zero-order valence-electron chi connectivity index (χ0n) is 11.8. The number of benzene rings is 1. The Labute approximate surface area is 121 Å². The highest BCUT2D eigenvalue weighted by Crippen LogP contribution is 2.20. The van der Waals surface area contributed by atoms with Crippen molar-refractivity contribution in [2.75, 3.05) is 6.61 Å². The van der Waals surface area contributed by atoms with Crippen LogP contribution in [-0.4, -0.2) is 32.4 Å². The first kappa shape index (κ1) is 15.1. The number of hydrogen-bond acceptors (Lipinski definition) is 4. The number of carbonyl (C=O) groups is 1. The van der Waals surface area contributed by atoms with Crippen LogP contribution in [0.2, 0.25) is 0 Å². The van der Waals surface area contributed by atoms with Crippen LogP contribution in [0, 0.1) is 5.82 Å². The molecule has 0 spiro atoms. The van der Waals surface area contributed by atoms with Crippen molar-refractivity contribution in [3.8, 4) is 5.69 Å². The molecule has 1 aromatic heterocycles. The van der Waals surface area contributed by atoms with Crippen molar-refractivity contribution < 1.29 is 19.0 Å². The number of halogens is 1. The Hall–Kier alpha value is -2.28. The van der Waals surface area contributed by atoms with Gasteiger partial charge in [-0.25, -0.2) is 9.18 Å². The van der Waals surface area contributed by atoms with Crippen LogP contribution in [-0.2, 0) is 17.8 Å². The number of ether oxygens (including phenoxy) is 1. The smallest absolute Gasteiger partial charge is 0.337 e. The molecule has 0 aliphatic rings. The van der Waals surface area contributed by atoms with E-state index >= 15 is 0 Å². The Balaban J connectivity index is 2.59. The van der Waals surface area contributed by atoms with Crippen LogP contribution in [0.25, 0.3) is 5.69 Å². The Bertz CT molecular complexity index is 655. The van der Waals surface area contributed by atoms with Gasteiger partial charge in [-0.2, -0.15) is 0 Å². The molecule has 21 heavy (non-hydrogen) atoms. The monoisotopic (exact) mass is 293 g/mol. The van der Waals surface area contributed by atoms with Crippen LogP contribution in [0.3, 0.4) is 0 Å². The molecule has 0 unspecified atom stereocenters. The van der Waals surface area contributed by atoms with E-state index in [9.17, 15) is 14.3 Å². The zero-order valence-corrected chi connectivity index (χ0v) is 11.8. The minimum Gasteiger partial charge on any atom is -0.478 e. The lowest BCUT2D eigenvalue weighted by molar-refractivity contribution is 0.0696. The van der Waals surface area contributed by atoms with E-state index in [2.05, 4.69) is 10.2 Å². The largest absolute Gasteiger partial charge is 0.478 e. The molecule has 0 amide bonds. The summed E-state index contributed by atoms with van der Waals surface area (Å²) in [7, 11) is 0. The quantitative estimate of drug-likeness (QED) is 0.883. The number of nitrogens with zero attached hydrogens (tertiary/aromatic N) is 3. The second-order valence-electron chi connectivity index (χ2n) is 4.33. The number of carboxylic acids is 1. The fourth-order valence-corrected chi connectivity index (χ4v) is 2.02. The van der Waals surface area contributed by atoms with E-state index in [-0.39, 0.29) is 12.2 Å². The van der Waals surface area contributed by atoms with Crippen LogP contribution in [0.4, 0.5) is 4.39 Å². The third-order valence-electron chi connectivity index (χ3n) is 2.98. The van der Waals surface area contributed by atoms with Crippen molar-refractivity contribution in [2.24, 2.45) is 0 Å². The summed E-state index contributed by atoms with van der Waals surface area (Å²) in [5, 5.41) is 17.3. The molecule has 2 aromatic rings. The van der Waals surface area contributed by atoms with E-state index < -0.39 is 11.8 Å². The average Bonchev–Trinajstić information content (AvgIpc) is 2.87. The number of carboxylic acid groups (broad SMARTS) is 1. The van der Waals surface area contributed by atoms with Gasteiger partial charge in [-0.3, -0.25) is 4.57 Å². The van der Waals surface area contributed by atoms with Gasteiger partial charge in [0.05, 0.1) is 11.3 Å². The molecule has 0 bridgehead atoms. The number of rotatable bonds is 6. The van der Waals surface area contributed by atoms with Crippen molar-refractivity contribution in [3.63, 3.8) is 0 Å². The van der Waals surface area contributed by atoms with E-state index in [0.29, 0.717) is 30.4 Å². The Morgan fingerprint density at radius 2 is 2.05 bits per heavy atom. The minimum absolute atomic E-state index is 0.137. The molecule has 0 saturated carbocycles. The summed E-state index contributed by atoms with van der Waals surface area (Å²) in [6.07, 6.45) is 0.565. The van der Waals surface area contributed by atoms with Crippen LogP contribution in [0.15, 0.2) is 18.2 Å². The first-order valence-electron chi connectivity index (χ1n) is 6.62. The molecule has 0 radical (unpaired) electrons. The third kappa shape index (κ3) is 3.08. The highest BCUT2D eigenvalue weighted by Gasteiger charge is 2.19. The second kappa shape index (κ2) is 6.45. The first-order valence-corrected chi connectivity index (χ1v) is 6.62. The fraction of sp³-hybridized carbons (Fsp3) is 0.357. The number of hydrogen-bond donors (Lipinski definition) is 1. The van der Waals surface area contributed by atoms with Crippen LogP contribution in [0.1, 0.15) is 35.9 Å². The first-order chi connectivity index (χ1) is 10.1. The van der Waals surface area contributed by atoms with E-state index in [1.807, 2.05) is 13.8 Å². The number of aryl methyl sites for hydroxylation is 1. The summed E-state index contributed by atoms with van der Waals surface area (Å²) >= 11 is 0. The number of aromatic nitrogens is 3. The molecule has 112 valence electrons. The molecule has 2 rings (SSSR count).